The molecule has 8 heteroatoms. The van der Waals surface area contributed by atoms with Crippen molar-refractivity contribution in [1.29, 1.82) is 0 Å². The third-order valence-electron chi connectivity index (χ3n) is 2.04. The molecule has 0 aliphatic rings. The lowest BCUT2D eigenvalue weighted by Crippen LogP contribution is -2.47. The number of rotatable bonds is 5. The molecule has 0 heterocycles. The fourth-order valence-corrected chi connectivity index (χ4v) is 2.10. The van der Waals surface area contributed by atoms with E-state index in [0.717, 1.165) is 7.11 Å². The van der Waals surface area contributed by atoms with Gasteiger partial charge in [0.2, 0.25) is 0 Å². The number of ether oxygens (including phenoxy) is 2. The van der Waals surface area contributed by atoms with Crippen LogP contribution in [0.3, 0.4) is 0 Å². The van der Waals surface area contributed by atoms with Gasteiger partial charge in [-0.15, -0.1) is 0 Å². The summed E-state index contributed by atoms with van der Waals surface area (Å²) in [4.78, 5) is 23.0. The molecule has 0 saturated heterocycles. The fourth-order valence-electron chi connectivity index (χ4n) is 1.13. The molecule has 0 aliphatic heterocycles. The second kappa shape index (κ2) is 6.74. The molecule has 19 heavy (non-hydrogen) atoms. The summed E-state index contributed by atoms with van der Waals surface area (Å²) in [6, 6.07) is -1.27. The maximum Gasteiger partial charge on any atom is 0.408 e. The highest BCUT2D eigenvalue weighted by Gasteiger charge is 2.29. The minimum absolute atomic E-state index is 0.128. The van der Waals surface area contributed by atoms with Crippen LogP contribution in [0.2, 0.25) is 0 Å². The predicted molar refractivity (Wildman–Crippen MR) is 69.5 cm³/mol. The van der Waals surface area contributed by atoms with Gasteiger partial charge >= 0.3 is 12.1 Å². The Hall–Kier alpha value is -1.31. The van der Waals surface area contributed by atoms with E-state index in [2.05, 4.69) is 10.1 Å². The predicted octanol–water partition coefficient (Wildman–Crippen LogP) is 0.487. The van der Waals surface area contributed by atoms with Crippen LogP contribution in [-0.2, 0) is 24.1 Å². The maximum absolute atomic E-state index is 11.5. The molecule has 0 bridgehead atoms. The summed E-state index contributed by atoms with van der Waals surface area (Å²) >= 11 is 0. The smallest absolute Gasteiger partial charge is 0.408 e. The summed E-state index contributed by atoms with van der Waals surface area (Å²) in [7, 11) is -2.32. The number of nitrogens with one attached hydrogen (secondary N) is 1. The molecule has 0 aromatic rings. The molecule has 0 aromatic carbocycles. The quantitative estimate of drug-likeness (QED) is 0.741. The topological polar surface area (TPSA) is 98.8 Å². The van der Waals surface area contributed by atoms with Crippen LogP contribution >= 0.6 is 0 Å². The van der Waals surface area contributed by atoms with E-state index in [1.54, 1.807) is 20.8 Å². The standard InChI is InChI=1S/C11H21NO6S/c1-6-19(15,16)7-8(9(13)17-5)12-10(14)18-11(2,3)4/h8H,6-7H2,1-5H3,(H,12,14)/t8-/m0/s1. The van der Waals surface area contributed by atoms with Crippen molar-refractivity contribution in [2.75, 3.05) is 18.6 Å². The molecule has 1 N–H and O–H groups in total. The van der Waals surface area contributed by atoms with Crippen molar-refractivity contribution in [3.05, 3.63) is 0 Å². The van der Waals surface area contributed by atoms with Crippen LogP contribution in [0.25, 0.3) is 0 Å². The summed E-state index contributed by atoms with van der Waals surface area (Å²) in [5.74, 6) is -1.48. The molecule has 1 atom stereocenters. The number of carbonyl (C=O) groups is 2. The Labute approximate surface area is 113 Å². The summed E-state index contributed by atoms with van der Waals surface area (Å²) < 4.78 is 32.4. The van der Waals surface area contributed by atoms with E-state index >= 15 is 0 Å². The summed E-state index contributed by atoms with van der Waals surface area (Å²) in [6.07, 6.45) is -0.866. The van der Waals surface area contributed by atoms with Crippen LogP contribution in [0, 0.1) is 0 Å². The third kappa shape index (κ3) is 7.66. The second-order valence-corrected chi connectivity index (χ2v) is 7.32. The average molecular weight is 295 g/mol. The average Bonchev–Trinajstić information content (AvgIpc) is 2.24. The minimum Gasteiger partial charge on any atom is -0.467 e. The Morgan fingerprint density at radius 1 is 1.26 bits per heavy atom. The lowest BCUT2D eigenvalue weighted by atomic mass is 10.2. The van der Waals surface area contributed by atoms with Crippen LogP contribution in [-0.4, -0.2) is 50.7 Å². The summed E-state index contributed by atoms with van der Waals surface area (Å²) in [5, 5.41) is 2.20. The number of alkyl carbamates (subject to hydrolysis) is 1. The highest BCUT2D eigenvalue weighted by molar-refractivity contribution is 7.91. The van der Waals surface area contributed by atoms with Crippen molar-refractivity contribution < 1.29 is 27.5 Å². The van der Waals surface area contributed by atoms with Crippen LogP contribution in [0.5, 0.6) is 0 Å². The molecule has 0 fully saturated rings. The van der Waals surface area contributed by atoms with E-state index in [0.29, 0.717) is 0 Å². The molecule has 0 aromatic heterocycles. The lowest BCUT2D eigenvalue weighted by Gasteiger charge is -2.22. The highest BCUT2D eigenvalue weighted by atomic mass is 32.2. The van der Waals surface area contributed by atoms with E-state index in [4.69, 9.17) is 4.74 Å². The van der Waals surface area contributed by atoms with Crippen molar-refractivity contribution in [2.45, 2.75) is 39.3 Å². The van der Waals surface area contributed by atoms with E-state index in [9.17, 15) is 18.0 Å². The molecular weight excluding hydrogens is 274 g/mol. The number of esters is 1. The number of carbonyl (C=O) groups excluding carboxylic acids is 2. The largest absolute Gasteiger partial charge is 0.467 e. The van der Waals surface area contributed by atoms with Gasteiger partial charge in [0.15, 0.2) is 9.84 Å². The van der Waals surface area contributed by atoms with Gasteiger partial charge in [-0.1, -0.05) is 6.92 Å². The second-order valence-electron chi connectivity index (χ2n) is 4.92. The van der Waals surface area contributed by atoms with Crippen LogP contribution in [0.15, 0.2) is 0 Å². The monoisotopic (exact) mass is 295 g/mol. The third-order valence-corrected chi connectivity index (χ3v) is 3.76. The van der Waals surface area contributed by atoms with Crippen molar-refractivity contribution in [2.24, 2.45) is 0 Å². The van der Waals surface area contributed by atoms with Crippen molar-refractivity contribution in [3.63, 3.8) is 0 Å². The lowest BCUT2D eigenvalue weighted by molar-refractivity contribution is -0.142. The minimum atomic E-state index is -3.43. The van der Waals surface area contributed by atoms with Gasteiger partial charge in [0, 0.05) is 5.75 Å². The van der Waals surface area contributed by atoms with Gasteiger partial charge < -0.3 is 14.8 Å². The molecule has 0 aliphatic carbocycles. The number of amides is 1. The molecule has 1 amide bonds. The first-order valence-corrected chi connectivity index (χ1v) is 7.60. The van der Waals surface area contributed by atoms with Gasteiger partial charge in [-0.05, 0) is 20.8 Å². The van der Waals surface area contributed by atoms with Crippen LogP contribution < -0.4 is 5.32 Å². The molecule has 0 unspecified atom stereocenters. The Balaban J connectivity index is 4.80. The number of sulfone groups is 1. The molecular formula is C11H21NO6S. The van der Waals surface area contributed by atoms with Gasteiger partial charge in [-0.2, -0.15) is 0 Å². The Morgan fingerprint density at radius 3 is 2.16 bits per heavy atom. The van der Waals surface area contributed by atoms with Crippen molar-refractivity contribution >= 4 is 21.9 Å². The van der Waals surface area contributed by atoms with Crippen LogP contribution in [0.4, 0.5) is 4.79 Å². The Kier molecular flexibility index (Phi) is 6.28. The van der Waals surface area contributed by atoms with E-state index < -0.39 is 39.3 Å². The molecule has 0 radical (unpaired) electrons. The highest BCUT2D eigenvalue weighted by Crippen LogP contribution is 2.07. The molecule has 7 nitrogen and oxygen atoms in total. The van der Waals surface area contributed by atoms with E-state index in [-0.39, 0.29) is 5.75 Å². The zero-order valence-corrected chi connectivity index (χ0v) is 12.7. The molecule has 0 saturated carbocycles. The molecule has 112 valence electrons. The van der Waals surface area contributed by atoms with Gasteiger partial charge in [0.1, 0.15) is 11.6 Å². The van der Waals surface area contributed by atoms with Gasteiger partial charge in [-0.3, -0.25) is 0 Å². The first-order chi connectivity index (χ1) is 8.50. The van der Waals surface area contributed by atoms with E-state index in [1.165, 1.54) is 6.92 Å². The van der Waals surface area contributed by atoms with Crippen LogP contribution in [0.1, 0.15) is 27.7 Å². The summed E-state index contributed by atoms with van der Waals surface area (Å²) in [6.45, 7) is 6.42. The normalized spacial score (nSPS) is 13.5. The van der Waals surface area contributed by atoms with Gasteiger partial charge in [-0.25, -0.2) is 18.0 Å². The Bertz CT molecular complexity index is 423. The SMILES string of the molecule is CCS(=O)(=O)C[C@H](NC(=O)OC(C)(C)C)C(=O)OC. The van der Waals surface area contributed by atoms with Gasteiger partial charge in [0.05, 0.1) is 12.9 Å². The fraction of sp³-hybridized carbons (Fsp3) is 0.818. The maximum atomic E-state index is 11.5. The number of hydrogen-bond donors (Lipinski definition) is 1. The first kappa shape index (κ1) is 17.7. The Morgan fingerprint density at radius 2 is 1.79 bits per heavy atom. The molecule has 0 rings (SSSR count). The first-order valence-electron chi connectivity index (χ1n) is 5.78. The zero-order valence-electron chi connectivity index (χ0n) is 11.8. The number of methoxy groups -OCH3 is 1. The van der Waals surface area contributed by atoms with Crippen molar-refractivity contribution in [1.82, 2.24) is 5.32 Å². The zero-order chi connectivity index (χ0) is 15.3. The molecule has 0 spiro atoms. The summed E-state index contributed by atoms with van der Waals surface area (Å²) in [5.41, 5.74) is -0.742. The van der Waals surface area contributed by atoms with Crippen molar-refractivity contribution in [3.8, 4) is 0 Å². The number of hydrogen-bond acceptors (Lipinski definition) is 6. The van der Waals surface area contributed by atoms with Gasteiger partial charge in [0.25, 0.3) is 0 Å². The van der Waals surface area contributed by atoms with E-state index in [1.807, 2.05) is 0 Å².